The van der Waals surface area contributed by atoms with Crippen molar-refractivity contribution in [2.45, 2.75) is 19.6 Å². The summed E-state index contributed by atoms with van der Waals surface area (Å²) in [5.74, 6) is -1.01. The summed E-state index contributed by atoms with van der Waals surface area (Å²) >= 11 is 0. The Morgan fingerprint density at radius 2 is 1.71 bits per heavy atom. The van der Waals surface area contributed by atoms with Crippen molar-refractivity contribution in [1.29, 1.82) is 0 Å². The van der Waals surface area contributed by atoms with Gasteiger partial charge in [0, 0.05) is 6.42 Å². The first-order valence-electron chi connectivity index (χ1n) is 4.28. The number of ether oxygens (including phenoxy) is 1. The van der Waals surface area contributed by atoms with Crippen molar-refractivity contribution >= 4 is 5.97 Å². The van der Waals surface area contributed by atoms with Crippen LogP contribution in [-0.2, 0) is 9.53 Å². The molecule has 0 heterocycles. The average molecular weight is 208 g/mol. The van der Waals surface area contributed by atoms with Gasteiger partial charge in [-0.2, -0.15) is 0 Å². The molecule has 14 heavy (non-hydrogen) atoms. The molecule has 4 N–H and O–H groups in total. The van der Waals surface area contributed by atoms with E-state index in [0.717, 1.165) is 0 Å². The molecule has 0 rings (SSSR count). The Balaban J connectivity index is 4.44. The summed E-state index contributed by atoms with van der Waals surface area (Å²) in [6.07, 6.45) is -1.09. The topological polar surface area (TPSA) is 107 Å². The molecule has 0 bridgehead atoms. The van der Waals surface area contributed by atoms with E-state index in [1.807, 2.05) is 0 Å². The Hall–Kier alpha value is -0.690. The molecule has 6 heteroatoms. The van der Waals surface area contributed by atoms with Gasteiger partial charge in [-0.15, -0.1) is 0 Å². The highest BCUT2D eigenvalue weighted by Gasteiger charge is 2.39. The van der Waals surface area contributed by atoms with Crippen LogP contribution in [0.1, 0.15) is 13.3 Å². The van der Waals surface area contributed by atoms with Crippen molar-refractivity contribution in [2.75, 3.05) is 19.8 Å². The van der Waals surface area contributed by atoms with Crippen LogP contribution in [0.15, 0.2) is 0 Å². The molecule has 0 aliphatic carbocycles. The van der Waals surface area contributed by atoms with Crippen LogP contribution in [0.25, 0.3) is 0 Å². The van der Waals surface area contributed by atoms with E-state index < -0.39 is 37.5 Å². The van der Waals surface area contributed by atoms with Crippen molar-refractivity contribution in [3.63, 3.8) is 0 Å². The predicted octanol–water partition coefficient (Wildman–Crippen LogP) is -1.78. The minimum absolute atomic E-state index is 0.199. The van der Waals surface area contributed by atoms with Gasteiger partial charge in [-0.1, -0.05) is 6.92 Å². The Morgan fingerprint density at radius 3 is 2.00 bits per heavy atom. The van der Waals surface area contributed by atoms with E-state index in [9.17, 15) is 4.79 Å². The smallest absolute Gasteiger partial charge is 0.321 e. The molecule has 1 atom stereocenters. The second-order valence-electron chi connectivity index (χ2n) is 3.02. The quantitative estimate of drug-likeness (QED) is 0.304. The molecule has 84 valence electrons. The summed E-state index contributed by atoms with van der Waals surface area (Å²) in [6.45, 7) is -0.629. The van der Waals surface area contributed by atoms with Crippen molar-refractivity contribution in [3.05, 3.63) is 0 Å². The number of carbonyl (C=O) groups is 1. The second-order valence-corrected chi connectivity index (χ2v) is 3.02. The maximum Gasteiger partial charge on any atom is 0.321 e. The van der Waals surface area contributed by atoms with Gasteiger partial charge in [0.2, 0.25) is 0 Å². The number of rotatable bonds is 6. The molecule has 0 radical (unpaired) electrons. The van der Waals surface area contributed by atoms with Crippen LogP contribution >= 0.6 is 0 Å². The summed E-state index contributed by atoms with van der Waals surface area (Å²) in [5.41, 5.74) is -1.74. The van der Waals surface area contributed by atoms with Gasteiger partial charge in [0.25, 0.3) is 0 Å². The first-order valence-corrected chi connectivity index (χ1v) is 4.28. The number of aliphatic hydroxyl groups is 4. The molecule has 0 saturated carbocycles. The number of esters is 1. The van der Waals surface area contributed by atoms with Crippen LogP contribution < -0.4 is 0 Å². The van der Waals surface area contributed by atoms with Crippen molar-refractivity contribution in [1.82, 2.24) is 0 Å². The summed E-state index contributed by atoms with van der Waals surface area (Å²) in [4.78, 5) is 11.3. The molecule has 6 nitrogen and oxygen atoms in total. The number of aliphatic hydroxyl groups excluding tert-OH is 4. The van der Waals surface area contributed by atoms with Crippen LogP contribution in [0, 0.1) is 5.41 Å². The zero-order valence-electron chi connectivity index (χ0n) is 8.01. The van der Waals surface area contributed by atoms with E-state index >= 15 is 0 Å². The summed E-state index contributed by atoms with van der Waals surface area (Å²) < 4.78 is 4.47. The predicted molar refractivity (Wildman–Crippen MR) is 46.1 cm³/mol. The molecular weight excluding hydrogens is 192 g/mol. The van der Waals surface area contributed by atoms with E-state index in [0.29, 0.717) is 0 Å². The summed E-state index contributed by atoms with van der Waals surface area (Å²) in [6, 6.07) is 0. The minimum atomic E-state index is -1.74. The maximum absolute atomic E-state index is 11.3. The van der Waals surface area contributed by atoms with E-state index in [4.69, 9.17) is 20.4 Å². The summed E-state index contributed by atoms with van der Waals surface area (Å²) in [7, 11) is 0. The minimum Gasteiger partial charge on any atom is -0.435 e. The lowest BCUT2D eigenvalue weighted by Gasteiger charge is -2.25. The number of carbonyl (C=O) groups excluding carboxylic acids is 1. The Kier molecular flexibility index (Phi) is 5.63. The van der Waals surface area contributed by atoms with Crippen molar-refractivity contribution in [3.8, 4) is 0 Å². The monoisotopic (exact) mass is 208 g/mol. The highest BCUT2D eigenvalue weighted by atomic mass is 16.6. The van der Waals surface area contributed by atoms with E-state index in [-0.39, 0.29) is 6.42 Å². The second kappa shape index (κ2) is 5.92. The van der Waals surface area contributed by atoms with Crippen LogP contribution in [0.5, 0.6) is 0 Å². The molecule has 0 amide bonds. The fraction of sp³-hybridized carbons (Fsp3) is 0.875. The van der Waals surface area contributed by atoms with Gasteiger partial charge in [-0.25, -0.2) is 0 Å². The largest absolute Gasteiger partial charge is 0.435 e. The zero-order valence-corrected chi connectivity index (χ0v) is 8.01. The molecular formula is C8H16O6. The van der Waals surface area contributed by atoms with Crippen molar-refractivity contribution < 1.29 is 30.0 Å². The van der Waals surface area contributed by atoms with Gasteiger partial charge in [0.15, 0.2) is 6.29 Å². The third-order valence-corrected chi connectivity index (χ3v) is 1.93. The van der Waals surface area contributed by atoms with E-state index in [2.05, 4.69) is 4.74 Å². The highest BCUT2D eigenvalue weighted by Crippen LogP contribution is 2.18. The fourth-order valence-electron chi connectivity index (χ4n) is 0.676. The van der Waals surface area contributed by atoms with Crippen LogP contribution in [-0.4, -0.2) is 52.5 Å². The lowest BCUT2D eigenvalue weighted by Crippen LogP contribution is -2.44. The average Bonchev–Trinajstić information content (AvgIpc) is 2.21. The molecule has 0 aromatic carbocycles. The van der Waals surface area contributed by atoms with Gasteiger partial charge in [-0.3, -0.25) is 4.79 Å². The van der Waals surface area contributed by atoms with Crippen LogP contribution in [0.3, 0.4) is 0 Å². The SMILES string of the molecule is CCC(O)OC(=O)C(CO)(CO)CO. The number of hydrogen-bond acceptors (Lipinski definition) is 6. The first kappa shape index (κ1) is 13.3. The third-order valence-electron chi connectivity index (χ3n) is 1.93. The van der Waals surface area contributed by atoms with Gasteiger partial charge < -0.3 is 25.2 Å². The molecule has 1 unspecified atom stereocenters. The molecule has 0 aromatic heterocycles. The summed E-state index contributed by atoms with van der Waals surface area (Å²) in [5, 5.41) is 35.5. The zero-order chi connectivity index (χ0) is 11.2. The standard InChI is InChI=1S/C8H16O6/c1-2-6(12)14-7(13)8(3-9,4-10)5-11/h6,9-12H,2-5H2,1H3. The number of hydrogen-bond donors (Lipinski definition) is 4. The van der Waals surface area contributed by atoms with Gasteiger partial charge >= 0.3 is 5.97 Å². The molecule has 0 fully saturated rings. The van der Waals surface area contributed by atoms with Crippen LogP contribution in [0.4, 0.5) is 0 Å². The Morgan fingerprint density at radius 1 is 1.29 bits per heavy atom. The van der Waals surface area contributed by atoms with E-state index in [1.165, 1.54) is 0 Å². The molecule has 0 aliphatic rings. The lowest BCUT2D eigenvalue weighted by atomic mass is 9.91. The van der Waals surface area contributed by atoms with Gasteiger partial charge in [-0.05, 0) is 0 Å². The third kappa shape index (κ3) is 2.91. The molecule has 0 aliphatic heterocycles. The first-order chi connectivity index (χ1) is 6.56. The molecule has 0 aromatic rings. The Labute approximate surface area is 81.7 Å². The molecule has 0 spiro atoms. The lowest BCUT2D eigenvalue weighted by molar-refractivity contribution is -0.188. The highest BCUT2D eigenvalue weighted by molar-refractivity contribution is 5.77. The van der Waals surface area contributed by atoms with Crippen molar-refractivity contribution in [2.24, 2.45) is 5.41 Å². The molecule has 0 saturated heterocycles. The maximum atomic E-state index is 11.3. The van der Waals surface area contributed by atoms with Crippen LogP contribution in [0.2, 0.25) is 0 Å². The van der Waals surface area contributed by atoms with Gasteiger partial charge in [0.05, 0.1) is 19.8 Å². The Bertz CT molecular complexity index is 168. The van der Waals surface area contributed by atoms with E-state index in [1.54, 1.807) is 6.92 Å². The fourth-order valence-corrected chi connectivity index (χ4v) is 0.676. The van der Waals surface area contributed by atoms with Gasteiger partial charge in [0.1, 0.15) is 5.41 Å². The normalized spacial score (nSPS) is 13.8.